The maximum atomic E-state index is 13.4. The number of guanidine groups is 1. The van der Waals surface area contributed by atoms with Gasteiger partial charge in [0.05, 0.1) is 6.54 Å². The van der Waals surface area contributed by atoms with E-state index in [4.69, 9.17) is 11.5 Å². The number of aliphatic imine (C=N–C) groups is 1. The van der Waals surface area contributed by atoms with Gasteiger partial charge in [0.15, 0.2) is 5.96 Å². The van der Waals surface area contributed by atoms with E-state index < -0.39 is 17.2 Å². The number of nitrogens with zero attached hydrogens (tertiary/aromatic N) is 1. The first-order chi connectivity index (χ1) is 7.33. The van der Waals surface area contributed by atoms with Gasteiger partial charge in [0.1, 0.15) is 17.2 Å². The van der Waals surface area contributed by atoms with Gasteiger partial charge in [-0.25, -0.2) is 8.78 Å². The van der Waals surface area contributed by atoms with Gasteiger partial charge in [-0.05, 0) is 13.0 Å². The highest BCUT2D eigenvalue weighted by Crippen LogP contribution is 2.24. The number of nitrogens with two attached hydrogens (primary N) is 2. The van der Waals surface area contributed by atoms with Crippen LogP contribution in [0.5, 0.6) is 0 Å². The van der Waals surface area contributed by atoms with E-state index in [1.54, 1.807) is 0 Å². The zero-order valence-corrected chi connectivity index (χ0v) is 11.5. The van der Waals surface area contributed by atoms with Gasteiger partial charge in [0.25, 0.3) is 0 Å². The SMILES string of the molecule is CC(O)(CN=C(N)N)c1ccc(F)cc1F.I. The first-order valence-electron chi connectivity index (χ1n) is 4.56. The minimum Gasteiger partial charge on any atom is -0.383 e. The van der Waals surface area contributed by atoms with Gasteiger partial charge in [0.2, 0.25) is 0 Å². The summed E-state index contributed by atoms with van der Waals surface area (Å²) in [6.07, 6.45) is 0. The molecule has 0 radical (unpaired) electrons. The average Bonchev–Trinajstić information content (AvgIpc) is 2.14. The van der Waals surface area contributed by atoms with Gasteiger partial charge >= 0.3 is 0 Å². The molecule has 5 N–H and O–H groups in total. The van der Waals surface area contributed by atoms with E-state index >= 15 is 0 Å². The van der Waals surface area contributed by atoms with Crippen LogP contribution in [0.3, 0.4) is 0 Å². The second-order valence-electron chi connectivity index (χ2n) is 3.64. The number of halogens is 3. The minimum absolute atomic E-state index is 0. The molecule has 0 aliphatic heterocycles. The molecule has 0 heterocycles. The summed E-state index contributed by atoms with van der Waals surface area (Å²) in [4.78, 5) is 3.60. The predicted octanol–water partition coefficient (Wildman–Crippen LogP) is 1.06. The average molecular weight is 357 g/mol. The summed E-state index contributed by atoms with van der Waals surface area (Å²) in [5.41, 5.74) is 8.57. The van der Waals surface area contributed by atoms with E-state index in [2.05, 4.69) is 4.99 Å². The number of aliphatic hydroxyl groups is 1. The zero-order chi connectivity index (χ0) is 12.3. The number of hydrogen-bond donors (Lipinski definition) is 3. The van der Waals surface area contributed by atoms with Crippen LogP contribution in [0, 0.1) is 11.6 Å². The summed E-state index contributed by atoms with van der Waals surface area (Å²) in [5.74, 6) is -1.75. The smallest absolute Gasteiger partial charge is 0.186 e. The van der Waals surface area contributed by atoms with E-state index in [1.165, 1.54) is 6.92 Å². The first kappa shape index (κ1) is 16.0. The highest BCUT2D eigenvalue weighted by Gasteiger charge is 2.26. The van der Waals surface area contributed by atoms with Crippen LogP contribution in [0.25, 0.3) is 0 Å². The molecule has 0 fully saturated rings. The lowest BCUT2D eigenvalue weighted by molar-refractivity contribution is 0.0633. The fraction of sp³-hybridized carbons (Fsp3) is 0.300. The first-order valence-corrected chi connectivity index (χ1v) is 4.56. The number of rotatable bonds is 3. The standard InChI is InChI=1S/C10H13F2N3O.HI/c1-10(16,5-15-9(13)14)7-3-2-6(11)4-8(7)12;/h2-4,16H,5H2,1H3,(H4,13,14,15);1H. The fourth-order valence-corrected chi connectivity index (χ4v) is 1.26. The van der Waals surface area contributed by atoms with E-state index in [1.807, 2.05) is 0 Å². The zero-order valence-electron chi connectivity index (χ0n) is 9.15. The van der Waals surface area contributed by atoms with E-state index in [-0.39, 0.29) is 42.0 Å². The molecule has 0 bridgehead atoms. The van der Waals surface area contributed by atoms with Crippen molar-refractivity contribution in [1.82, 2.24) is 0 Å². The van der Waals surface area contributed by atoms with Crippen LogP contribution in [0.2, 0.25) is 0 Å². The maximum absolute atomic E-state index is 13.4. The van der Waals surface area contributed by atoms with Crippen molar-refractivity contribution in [2.24, 2.45) is 16.5 Å². The van der Waals surface area contributed by atoms with Gasteiger partial charge in [-0.2, -0.15) is 0 Å². The molecule has 0 aliphatic carbocycles. The largest absolute Gasteiger partial charge is 0.383 e. The number of hydrogen-bond acceptors (Lipinski definition) is 2. The molecule has 1 atom stereocenters. The van der Waals surface area contributed by atoms with Gasteiger partial charge < -0.3 is 16.6 Å². The van der Waals surface area contributed by atoms with Crippen molar-refractivity contribution in [1.29, 1.82) is 0 Å². The third kappa shape index (κ3) is 4.43. The lowest BCUT2D eigenvalue weighted by atomic mass is 9.95. The van der Waals surface area contributed by atoms with Gasteiger partial charge in [0, 0.05) is 11.6 Å². The Morgan fingerprint density at radius 2 is 2.00 bits per heavy atom. The second-order valence-corrected chi connectivity index (χ2v) is 3.64. The summed E-state index contributed by atoms with van der Waals surface area (Å²) >= 11 is 0. The quantitative estimate of drug-likeness (QED) is 0.430. The summed E-state index contributed by atoms with van der Waals surface area (Å²) in [6.45, 7) is 1.15. The molecule has 0 aliphatic rings. The Bertz CT molecular complexity index is 420. The van der Waals surface area contributed by atoms with E-state index in [0.717, 1.165) is 12.1 Å². The molecule has 4 nitrogen and oxygen atoms in total. The van der Waals surface area contributed by atoms with Gasteiger partial charge in [-0.1, -0.05) is 6.07 Å². The normalized spacial score (nSPS) is 13.4. The topological polar surface area (TPSA) is 84.6 Å². The fourth-order valence-electron chi connectivity index (χ4n) is 1.26. The Labute approximate surface area is 115 Å². The molecule has 1 aromatic carbocycles. The third-order valence-electron chi connectivity index (χ3n) is 2.08. The Morgan fingerprint density at radius 1 is 1.41 bits per heavy atom. The summed E-state index contributed by atoms with van der Waals surface area (Å²) in [6, 6.07) is 2.91. The monoisotopic (exact) mass is 357 g/mol. The number of benzene rings is 1. The van der Waals surface area contributed by atoms with E-state index in [0.29, 0.717) is 6.07 Å². The van der Waals surface area contributed by atoms with Crippen LogP contribution in [-0.2, 0) is 5.60 Å². The van der Waals surface area contributed by atoms with Gasteiger partial charge in [-0.3, -0.25) is 4.99 Å². The third-order valence-corrected chi connectivity index (χ3v) is 2.08. The summed E-state index contributed by atoms with van der Waals surface area (Å²) in [5, 5.41) is 9.93. The Kier molecular flexibility index (Phi) is 5.76. The molecule has 0 saturated heterocycles. The summed E-state index contributed by atoms with van der Waals surface area (Å²) < 4.78 is 26.0. The van der Waals surface area contributed by atoms with E-state index in [9.17, 15) is 13.9 Å². The molecular weight excluding hydrogens is 343 g/mol. The predicted molar refractivity (Wildman–Crippen MR) is 72.0 cm³/mol. The van der Waals surface area contributed by atoms with Gasteiger partial charge in [-0.15, -0.1) is 24.0 Å². The van der Waals surface area contributed by atoms with Crippen LogP contribution < -0.4 is 11.5 Å². The molecule has 96 valence electrons. The Morgan fingerprint density at radius 3 is 2.47 bits per heavy atom. The Balaban J connectivity index is 0.00000256. The molecule has 7 heteroatoms. The van der Waals surface area contributed by atoms with Crippen molar-refractivity contribution in [3.8, 4) is 0 Å². The van der Waals surface area contributed by atoms with Crippen LogP contribution in [0.1, 0.15) is 12.5 Å². The maximum Gasteiger partial charge on any atom is 0.186 e. The van der Waals surface area contributed by atoms with Crippen LogP contribution in [-0.4, -0.2) is 17.6 Å². The molecule has 1 aromatic rings. The lowest BCUT2D eigenvalue weighted by Gasteiger charge is -2.22. The Hall–Kier alpha value is -0.960. The second kappa shape index (κ2) is 6.10. The van der Waals surface area contributed by atoms with Crippen LogP contribution in [0.15, 0.2) is 23.2 Å². The molecule has 17 heavy (non-hydrogen) atoms. The van der Waals surface area contributed by atoms with Crippen LogP contribution in [0.4, 0.5) is 8.78 Å². The molecule has 0 aromatic heterocycles. The molecule has 1 rings (SSSR count). The molecule has 0 saturated carbocycles. The lowest BCUT2D eigenvalue weighted by Crippen LogP contribution is -2.30. The molecule has 0 spiro atoms. The van der Waals surface area contributed by atoms with Crippen LogP contribution >= 0.6 is 24.0 Å². The molecule has 0 amide bonds. The van der Waals surface area contributed by atoms with Crippen molar-refractivity contribution < 1.29 is 13.9 Å². The van der Waals surface area contributed by atoms with Crippen molar-refractivity contribution >= 4 is 29.9 Å². The van der Waals surface area contributed by atoms with Crippen molar-refractivity contribution in [3.63, 3.8) is 0 Å². The highest BCUT2D eigenvalue weighted by molar-refractivity contribution is 14.0. The minimum atomic E-state index is -1.58. The highest BCUT2D eigenvalue weighted by atomic mass is 127. The van der Waals surface area contributed by atoms with Crippen molar-refractivity contribution in [2.75, 3.05) is 6.54 Å². The molecule has 1 unspecified atom stereocenters. The molecular formula is C10H14F2IN3O. The van der Waals surface area contributed by atoms with Crippen molar-refractivity contribution in [2.45, 2.75) is 12.5 Å². The summed E-state index contributed by atoms with van der Waals surface area (Å²) in [7, 11) is 0. The van der Waals surface area contributed by atoms with Crippen molar-refractivity contribution in [3.05, 3.63) is 35.4 Å².